The Labute approximate surface area is 157 Å². The molecule has 1 N–H and O–H groups in total. The largest absolute Gasteiger partial charge is 0.368 e. The number of aromatic amines is 1. The molecule has 0 radical (unpaired) electrons. The zero-order chi connectivity index (χ0) is 17.8. The molecule has 3 aliphatic rings. The molecule has 0 amide bonds. The third-order valence-electron chi connectivity index (χ3n) is 6.44. The topological polar surface area (TPSA) is 67.2 Å². The predicted molar refractivity (Wildman–Crippen MR) is 100 cm³/mol. The number of nitrogens with one attached hydrogen (secondary N) is 1. The zero-order valence-electron chi connectivity index (χ0n) is 15.4. The monoisotopic (exact) mass is 364 g/mol. The van der Waals surface area contributed by atoms with Crippen molar-refractivity contribution in [1.82, 2.24) is 20.0 Å². The maximum atomic E-state index is 6.40. The first kappa shape index (κ1) is 15.8. The lowest BCUT2D eigenvalue weighted by Gasteiger charge is -2.43. The summed E-state index contributed by atoms with van der Waals surface area (Å²) in [5.41, 5.74) is 3.83. The number of nitrogens with zero attached hydrogens (tertiary/aromatic N) is 3. The standard InChI is InChI=1S/C21H24N4O2/c1-2-4-17-15(3-1)16-7-12-26-21(19(16)22-17)8-10-25(11-9-21)13-18-23-20(27-24-18)14-5-6-14/h1-4,14,22H,5-13H2. The molecule has 140 valence electrons. The van der Waals surface area contributed by atoms with E-state index in [1.54, 1.807) is 0 Å². The van der Waals surface area contributed by atoms with E-state index in [4.69, 9.17) is 9.26 Å². The Hall–Kier alpha value is -2.18. The van der Waals surface area contributed by atoms with Gasteiger partial charge < -0.3 is 14.2 Å². The van der Waals surface area contributed by atoms with Crippen molar-refractivity contribution < 1.29 is 9.26 Å². The summed E-state index contributed by atoms with van der Waals surface area (Å²) in [7, 11) is 0. The fraction of sp³-hybridized carbons (Fsp3) is 0.524. The molecule has 2 aliphatic heterocycles. The Kier molecular flexibility index (Phi) is 3.47. The van der Waals surface area contributed by atoms with Gasteiger partial charge in [-0.3, -0.25) is 4.90 Å². The molecule has 6 nitrogen and oxygen atoms in total. The van der Waals surface area contributed by atoms with Crippen molar-refractivity contribution in [3.8, 4) is 0 Å². The minimum absolute atomic E-state index is 0.167. The van der Waals surface area contributed by atoms with Crippen LogP contribution in [0.25, 0.3) is 10.9 Å². The fourth-order valence-corrected chi connectivity index (χ4v) is 4.76. The summed E-state index contributed by atoms with van der Waals surface area (Å²) in [5, 5.41) is 5.53. The Morgan fingerprint density at radius 3 is 2.89 bits per heavy atom. The number of para-hydroxylation sites is 1. The molecule has 27 heavy (non-hydrogen) atoms. The van der Waals surface area contributed by atoms with Crippen LogP contribution in [0.3, 0.4) is 0 Å². The lowest BCUT2D eigenvalue weighted by molar-refractivity contribution is -0.101. The average Bonchev–Trinajstić information content (AvgIpc) is 3.32. The summed E-state index contributed by atoms with van der Waals surface area (Å²) in [6, 6.07) is 8.62. The number of rotatable bonds is 3. The first-order valence-corrected chi connectivity index (χ1v) is 10.1. The summed E-state index contributed by atoms with van der Waals surface area (Å²) < 4.78 is 11.8. The summed E-state index contributed by atoms with van der Waals surface area (Å²) in [5.74, 6) is 2.17. The van der Waals surface area contributed by atoms with Gasteiger partial charge in [-0.15, -0.1) is 0 Å². The first-order valence-electron chi connectivity index (χ1n) is 10.1. The highest BCUT2D eigenvalue weighted by molar-refractivity contribution is 5.85. The number of fused-ring (bicyclic) bond motifs is 4. The average molecular weight is 364 g/mol. The van der Waals surface area contributed by atoms with Crippen LogP contribution < -0.4 is 0 Å². The molecule has 1 aromatic carbocycles. The fourth-order valence-electron chi connectivity index (χ4n) is 4.76. The second-order valence-corrected chi connectivity index (χ2v) is 8.22. The molecule has 2 fully saturated rings. The molecular formula is C21H24N4O2. The van der Waals surface area contributed by atoms with Gasteiger partial charge in [0.15, 0.2) is 5.82 Å². The van der Waals surface area contributed by atoms with Crippen molar-refractivity contribution in [2.45, 2.75) is 50.2 Å². The Morgan fingerprint density at radius 1 is 1.19 bits per heavy atom. The Morgan fingerprint density at radius 2 is 2.04 bits per heavy atom. The van der Waals surface area contributed by atoms with Crippen molar-refractivity contribution in [1.29, 1.82) is 0 Å². The molecule has 0 atom stereocenters. The van der Waals surface area contributed by atoms with Gasteiger partial charge in [0.1, 0.15) is 5.60 Å². The summed E-state index contributed by atoms with van der Waals surface area (Å²) in [6.45, 7) is 3.56. The minimum atomic E-state index is -0.167. The van der Waals surface area contributed by atoms with Crippen LogP contribution in [-0.2, 0) is 23.3 Å². The summed E-state index contributed by atoms with van der Waals surface area (Å²) >= 11 is 0. The second kappa shape index (κ2) is 5.91. The molecule has 0 bridgehead atoms. The van der Waals surface area contributed by atoms with Crippen molar-refractivity contribution in [2.24, 2.45) is 0 Å². The van der Waals surface area contributed by atoms with Crippen LogP contribution in [0, 0.1) is 0 Å². The van der Waals surface area contributed by atoms with Crippen molar-refractivity contribution >= 4 is 10.9 Å². The lowest BCUT2D eigenvalue weighted by Crippen LogP contribution is -2.46. The maximum absolute atomic E-state index is 6.40. The van der Waals surface area contributed by atoms with Gasteiger partial charge in [0, 0.05) is 29.9 Å². The van der Waals surface area contributed by atoms with Gasteiger partial charge in [0.25, 0.3) is 0 Å². The Balaban J connectivity index is 1.21. The second-order valence-electron chi connectivity index (χ2n) is 8.22. The van der Waals surface area contributed by atoms with Crippen LogP contribution in [0.15, 0.2) is 28.8 Å². The van der Waals surface area contributed by atoms with Crippen LogP contribution in [0.1, 0.15) is 54.6 Å². The highest BCUT2D eigenvalue weighted by Gasteiger charge is 2.42. The van der Waals surface area contributed by atoms with E-state index in [0.717, 1.165) is 57.2 Å². The van der Waals surface area contributed by atoms with Crippen molar-refractivity contribution in [3.63, 3.8) is 0 Å². The minimum Gasteiger partial charge on any atom is -0.368 e. The highest BCUT2D eigenvalue weighted by atomic mass is 16.5. The number of aromatic nitrogens is 3. The third-order valence-corrected chi connectivity index (χ3v) is 6.44. The van der Waals surface area contributed by atoms with E-state index in [-0.39, 0.29) is 5.60 Å². The van der Waals surface area contributed by atoms with E-state index in [0.29, 0.717) is 5.92 Å². The van der Waals surface area contributed by atoms with Gasteiger partial charge in [0.2, 0.25) is 5.89 Å². The summed E-state index contributed by atoms with van der Waals surface area (Å²) in [4.78, 5) is 10.7. The quantitative estimate of drug-likeness (QED) is 0.770. The van der Waals surface area contributed by atoms with Crippen LogP contribution >= 0.6 is 0 Å². The summed E-state index contributed by atoms with van der Waals surface area (Å²) in [6.07, 6.45) is 5.38. The van der Waals surface area contributed by atoms with E-state index in [2.05, 4.69) is 44.3 Å². The van der Waals surface area contributed by atoms with Gasteiger partial charge in [-0.05, 0) is 43.7 Å². The van der Waals surface area contributed by atoms with E-state index in [1.165, 1.54) is 35.0 Å². The number of hydrogen-bond acceptors (Lipinski definition) is 5. The number of piperidine rings is 1. The molecule has 2 aromatic heterocycles. The molecule has 3 aromatic rings. The number of likely N-dealkylation sites (tertiary alicyclic amines) is 1. The molecule has 6 heteroatoms. The molecular weight excluding hydrogens is 340 g/mol. The SMILES string of the molecule is c1ccc2c3c([nH]c2c1)C1(CCN(Cc2noc(C4CC4)n2)CC1)OCC3. The van der Waals surface area contributed by atoms with Gasteiger partial charge in [-0.1, -0.05) is 23.4 Å². The molecule has 6 rings (SSSR count). The van der Waals surface area contributed by atoms with Crippen LogP contribution in [0.4, 0.5) is 0 Å². The maximum Gasteiger partial charge on any atom is 0.229 e. The molecule has 1 saturated carbocycles. The van der Waals surface area contributed by atoms with Gasteiger partial charge in [-0.25, -0.2) is 0 Å². The number of benzene rings is 1. The number of ether oxygens (including phenoxy) is 1. The zero-order valence-corrected chi connectivity index (χ0v) is 15.4. The normalized spacial score (nSPS) is 22.4. The van der Waals surface area contributed by atoms with Crippen molar-refractivity contribution in [3.05, 3.63) is 47.2 Å². The number of H-pyrrole nitrogens is 1. The molecule has 1 saturated heterocycles. The first-order chi connectivity index (χ1) is 13.3. The van der Waals surface area contributed by atoms with E-state index in [9.17, 15) is 0 Å². The molecule has 0 unspecified atom stereocenters. The van der Waals surface area contributed by atoms with E-state index < -0.39 is 0 Å². The Bertz CT molecular complexity index is 979. The highest BCUT2D eigenvalue weighted by Crippen LogP contribution is 2.43. The molecule has 1 aliphatic carbocycles. The van der Waals surface area contributed by atoms with E-state index in [1.807, 2.05) is 0 Å². The van der Waals surface area contributed by atoms with Crippen LogP contribution in [0.2, 0.25) is 0 Å². The molecule has 4 heterocycles. The molecule has 1 spiro atoms. The predicted octanol–water partition coefficient (Wildman–Crippen LogP) is 3.49. The third kappa shape index (κ3) is 2.62. The van der Waals surface area contributed by atoms with Gasteiger partial charge in [0.05, 0.1) is 18.8 Å². The lowest BCUT2D eigenvalue weighted by atomic mass is 9.83. The van der Waals surface area contributed by atoms with Crippen LogP contribution in [0.5, 0.6) is 0 Å². The number of hydrogen-bond donors (Lipinski definition) is 1. The van der Waals surface area contributed by atoms with E-state index >= 15 is 0 Å². The van der Waals surface area contributed by atoms with Crippen LogP contribution in [-0.4, -0.2) is 39.7 Å². The van der Waals surface area contributed by atoms with Gasteiger partial charge >= 0.3 is 0 Å². The van der Waals surface area contributed by atoms with Gasteiger partial charge in [-0.2, -0.15) is 4.98 Å². The van der Waals surface area contributed by atoms with Crippen molar-refractivity contribution in [2.75, 3.05) is 19.7 Å². The smallest absolute Gasteiger partial charge is 0.229 e.